The lowest BCUT2D eigenvalue weighted by atomic mass is 10.2. The van der Waals surface area contributed by atoms with Crippen LogP contribution in [0.15, 0.2) is 30.6 Å². The van der Waals surface area contributed by atoms with Gasteiger partial charge in [0.1, 0.15) is 6.61 Å². The molecule has 0 aliphatic rings. The van der Waals surface area contributed by atoms with Crippen molar-refractivity contribution in [2.75, 3.05) is 7.05 Å². The van der Waals surface area contributed by atoms with E-state index in [9.17, 15) is 13.2 Å². The number of nitrogens with one attached hydrogen (secondary N) is 1. The second kappa shape index (κ2) is 6.42. The van der Waals surface area contributed by atoms with E-state index in [1.165, 1.54) is 12.3 Å². The largest absolute Gasteiger partial charge is 0.482 e. The van der Waals surface area contributed by atoms with Gasteiger partial charge in [-0.15, -0.1) is 0 Å². The smallest absolute Gasteiger partial charge is 0.320 e. The summed E-state index contributed by atoms with van der Waals surface area (Å²) in [6.45, 7) is -2.51. The Morgan fingerprint density at radius 1 is 1.40 bits per heavy atom. The number of benzene rings is 1. The molecule has 7 heteroatoms. The molecule has 0 radical (unpaired) electrons. The van der Waals surface area contributed by atoms with Crippen molar-refractivity contribution in [3.8, 4) is 5.75 Å². The van der Waals surface area contributed by atoms with E-state index >= 15 is 0 Å². The van der Waals surface area contributed by atoms with E-state index in [-0.39, 0.29) is 18.2 Å². The van der Waals surface area contributed by atoms with Crippen molar-refractivity contribution in [3.63, 3.8) is 0 Å². The minimum atomic E-state index is -2.70. The van der Waals surface area contributed by atoms with Gasteiger partial charge in [0.2, 0.25) is 0 Å². The van der Waals surface area contributed by atoms with Gasteiger partial charge in [-0.3, -0.25) is 4.57 Å². The molecule has 0 saturated heterocycles. The van der Waals surface area contributed by atoms with Crippen LogP contribution < -0.4 is 10.1 Å². The molecule has 2 rings (SSSR count). The molecule has 1 N–H and O–H groups in total. The van der Waals surface area contributed by atoms with E-state index in [0.717, 1.165) is 6.20 Å². The molecule has 0 unspecified atom stereocenters. The average Bonchev–Trinajstić information content (AvgIpc) is 2.87. The first-order chi connectivity index (χ1) is 9.63. The summed E-state index contributed by atoms with van der Waals surface area (Å²) in [4.78, 5) is 3.78. The Morgan fingerprint density at radius 3 is 2.90 bits per heavy atom. The zero-order valence-electron chi connectivity index (χ0n) is 10.8. The van der Waals surface area contributed by atoms with Crippen molar-refractivity contribution in [2.45, 2.75) is 19.7 Å². The number of nitrogens with zero attached hydrogens (tertiary/aromatic N) is 2. The molecule has 0 spiro atoms. The van der Waals surface area contributed by atoms with Gasteiger partial charge < -0.3 is 10.1 Å². The zero-order valence-corrected chi connectivity index (χ0v) is 10.8. The molecule has 20 heavy (non-hydrogen) atoms. The molecule has 4 nitrogen and oxygen atoms in total. The highest BCUT2D eigenvalue weighted by Crippen LogP contribution is 2.24. The van der Waals surface area contributed by atoms with Gasteiger partial charge in [-0.05, 0) is 13.1 Å². The molecule has 108 valence electrons. The van der Waals surface area contributed by atoms with Gasteiger partial charge in [0.25, 0.3) is 0 Å². The summed E-state index contributed by atoms with van der Waals surface area (Å²) in [5.74, 6) is -0.447. The average molecular weight is 285 g/mol. The maximum atomic E-state index is 13.7. The highest BCUT2D eigenvalue weighted by Gasteiger charge is 2.14. The lowest BCUT2D eigenvalue weighted by Crippen LogP contribution is -2.11. The van der Waals surface area contributed by atoms with Gasteiger partial charge in [0.05, 0.1) is 0 Å². The van der Waals surface area contributed by atoms with Gasteiger partial charge >= 0.3 is 6.55 Å². The van der Waals surface area contributed by atoms with E-state index in [1.54, 1.807) is 19.2 Å². The summed E-state index contributed by atoms with van der Waals surface area (Å²) < 4.78 is 45.0. The Hall–Kier alpha value is -2.02. The highest BCUT2D eigenvalue weighted by atomic mass is 19.3. The van der Waals surface area contributed by atoms with Crippen LogP contribution in [0.25, 0.3) is 0 Å². The Kier molecular flexibility index (Phi) is 4.62. The third kappa shape index (κ3) is 3.11. The Balaban J connectivity index is 2.16. The first-order valence-electron chi connectivity index (χ1n) is 5.98. The summed E-state index contributed by atoms with van der Waals surface area (Å²) in [7, 11) is 1.72. The molecule has 0 saturated carbocycles. The number of ether oxygens (including phenoxy) is 1. The number of halogens is 3. The van der Waals surface area contributed by atoms with E-state index in [0.29, 0.717) is 16.7 Å². The molecule has 0 aliphatic carbocycles. The summed E-state index contributed by atoms with van der Waals surface area (Å²) in [5, 5.41) is 2.89. The topological polar surface area (TPSA) is 39.1 Å². The van der Waals surface area contributed by atoms with E-state index in [2.05, 4.69) is 10.3 Å². The van der Waals surface area contributed by atoms with E-state index < -0.39 is 12.4 Å². The second-order valence-corrected chi connectivity index (χ2v) is 4.08. The number of aromatic nitrogens is 2. The normalized spacial score (nSPS) is 11.1. The van der Waals surface area contributed by atoms with Crippen molar-refractivity contribution in [1.82, 2.24) is 14.9 Å². The van der Waals surface area contributed by atoms with Gasteiger partial charge in [0, 0.05) is 24.5 Å². The summed E-state index contributed by atoms with van der Waals surface area (Å²) in [5.41, 5.74) is 0.614. The second-order valence-electron chi connectivity index (χ2n) is 4.08. The van der Waals surface area contributed by atoms with Crippen LogP contribution in [0.1, 0.15) is 17.9 Å². The third-order valence-electron chi connectivity index (χ3n) is 2.72. The molecule has 1 aromatic carbocycles. The fourth-order valence-corrected chi connectivity index (χ4v) is 1.81. The number of rotatable bonds is 6. The molecule has 0 amide bonds. The molecule has 1 aromatic heterocycles. The fraction of sp³-hybridized carbons (Fsp3) is 0.308. The fourth-order valence-electron chi connectivity index (χ4n) is 1.81. The van der Waals surface area contributed by atoms with Gasteiger partial charge in [-0.2, -0.15) is 8.78 Å². The third-order valence-corrected chi connectivity index (χ3v) is 2.72. The van der Waals surface area contributed by atoms with Crippen LogP contribution in [0.2, 0.25) is 0 Å². The van der Waals surface area contributed by atoms with Crippen LogP contribution in [0.4, 0.5) is 13.2 Å². The molecule has 0 atom stereocenters. The number of hydrogen-bond acceptors (Lipinski definition) is 3. The van der Waals surface area contributed by atoms with Crippen LogP contribution in [0.3, 0.4) is 0 Å². The first kappa shape index (κ1) is 14.4. The van der Waals surface area contributed by atoms with Crippen LogP contribution in [-0.4, -0.2) is 16.6 Å². The number of imidazole rings is 1. The lowest BCUT2D eigenvalue weighted by molar-refractivity contribution is 0.0630. The van der Waals surface area contributed by atoms with Gasteiger partial charge in [-0.25, -0.2) is 9.37 Å². The van der Waals surface area contributed by atoms with E-state index in [4.69, 9.17) is 4.74 Å². The molecular formula is C13H14F3N3O. The zero-order chi connectivity index (χ0) is 14.5. The Bertz CT molecular complexity index is 572. The minimum absolute atomic E-state index is 0.0404. The maximum absolute atomic E-state index is 13.7. The van der Waals surface area contributed by atoms with Crippen LogP contribution in [-0.2, 0) is 13.2 Å². The predicted molar refractivity (Wildman–Crippen MR) is 67.0 cm³/mol. The molecule has 0 aliphatic heterocycles. The van der Waals surface area contributed by atoms with Crippen molar-refractivity contribution in [3.05, 3.63) is 47.8 Å². The molecular weight excluding hydrogens is 271 g/mol. The number of alkyl halides is 2. The number of para-hydroxylation sites is 1. The molecule has 1 heterocycles. The first-order valence-corrected chi connectivity index (χ1v) is 5.98. The summed E-state index contributed by atoms with van der Waals surface area (Å²) >= 11 is 0. The van der Waals surface area contributed by atoms with E-state index in [1.807, 2.05) is 0 Å². The monoisotopic (exact) mass is 285 g/mol. The molecule has 2 aromatic rings. The SMILES string of the molecule is CNCc1cccc(F)c1OCc1nccn1C(F)F. The quantitative estimate of drug-likeness (QED) is 0.887. The highest BCUT2D eigenvalue weighted by molar-refractivity contribution is 5.34. The van der Waals surface area contributed by atoms with Crippen LogP contribution >= 0.6 is 0 Å². The van der Waals surface area contributed by atoms with Gasteiger partial charge in [0.15, 0.2) is 17.4 Å². The van der Waals surface area contributed by atoms with Gasteiger partial charge in [-0.1, -0.05) is 12.1 Å². The molecule has 0 fully saturated rings. The predicted octanol–water partition coefficient (Wildman–Crippen LogP) is 2.72. The Labute approximate surface area is 114 Å². The molecule has 0 bridgehead atoms. The lowest BCUT2D eigenvalue weighted by Gasteiger charge is -2.12. The summed E-state index contributed by atoms with van der Waals surface area (Å²) in [6.07, 6.45) is 2.40. The Morgan fingerprint density at radius 2 is 2.20 bits per heavy atom. The van der Waals surface area contributed by atoms with Crippen LogP contribution in [0.5, 0.6) is 5.75 Å². The van der Waals surface area contributed by atoms with Crippen molar-refractivity contribution in [1.29, 1.82) is 0 Å². The maximum Gasteiger partial charge on any atom is 0.320 e. The standard InChI is InChI=1S/C13H14F3N3O/c1-17-7-9-3-2-4-10(14)12(9)20-8-11-18-5-6-19(11)13(15)16/h2-6,13,17H,7-8H2,1H3. The summed E-state index contributed by atoms with van der Waals surface area (Å²) in [6, 6.07) is 4.53. The minimum Gasteiger partial charge on any atom is -0.482 e. The van der Waals surface area contributed by atoms with Crippen LogP contribution in [0, 0.1) is 5.82 Å². The van der Waals surface area contributed by atoms with Crippen molar-refractivity contribution < 1.29 is 17.9 Å². The number of hydrogen-bond donors (Lipinski definition) is 1. The van der Waals surface area contributed by atoms with Crippen molar-refractivity contribution >= 4 is 0 Å². The van der Waals surface area contributed by atoms with Crippen molar-refractivity contribution in [2.24, 2.45) is 0 Å².